The van der Waals surface area contributed by atoms with Gasteiger partial charge in [0.05, 0.1) is 49.5 Å². The molecule has 3 rings (SSSR count). The number of rotatable bonds is 8. The lowest BCUT2D eigenvalue weighted by Crippen LogP contribution is -2.29. The Morgan fingerprint density at radius 1 is 0.865 bits per heavy atom. The standard InChI is InChI=1S/C25H22Cl2N2O7S/c1-35-24(31)16-9-12-18(25(32)36-2)22(13-16)28-23(30)15-7-10-17(11-8-15)29(37(3,33)34)14-19-20(26)5-4-6-21(19)27/h4-13H,14H2,1-3H3,(H,28,30). The molecule has 9 nitrogen and oxygen atoms in total. The highest BCUT2D eigenvalue weighted by molar-refractivity contribution is 7.92. The summed E-state index contributed by atoms with van der Waals surface area (Å²) in [6, 6.07) is 14.6. The second-order valence-electron chi connectivity index (χ2n) is 7.71. The van der Waals surface area contributed by atoms with Gasteiger partial charge in [-0.15, -0.1) is 0 Å². The van der Waals surface area contributed by atoms with Gasteiger partial charge in [-0.3, -0.25) is 9.10 Å². The van der Waals surface area contributed by atoms with Crippen LogP contribution in [0.5, 0.6) is 0 Å². The summed E-state index contributed by atoms with van der Waals surface area (Å²) in [5.41, 5.74) is 1.04. The first-order valence-electron chi connectivity index (χ1n) is 10.6. The van der Waals surface area contributed by atoms with E-state index in [2.05, 4.69) is 10.1 Å². The lowest BCUT2D eigenvalue weighted by atomic mass is 10.1. The van der Waals surface area contributed by atoms with Gasteiger partial charge in [-0.1, -0.05) is 29.3 Å². The van der Waals surface area contributed by atoms with Gasteiger partial charge in [0, 0.05) is 21.2 Å². The number of esters is 2. The quantitative estimate of drug-likeness (QED) is 0.391. The number of nitrogens with zero attached hydrogens (tertiary/aromatic N) is 1. The molecule has 12 heteroatoms. The summed E-state index contributed by atoms with van der Waals surface area (Å²) < 4.78 is 35.6. The van der Waals surface area contributed by atoms with E-state index in [1.54, 1.807) is 18.2 Å². The van der Waals surface area contributed by atoms with Gasteiger partial charge < -0.3 is 14.8 Å². The highest BCUT2D eigenvalue weighted by Gasteiger charge is 2.22. The van der Waals surface area contributed by atoms with E-state index < -0.39 is 27.9 Å². The molecule has 0 aliphatic rings. The number of carbonyl (C=O) groups excluding carboxylic acids is 3. The predicted molar refractivity (Wildman–Crippen MR) is 141 cm³/mol. The molecular formula is C25H22Cl2N2O7S. The van der Waals surface area contributed by atoms with E-state index in [1.165, 1.54) is 56.7 Å². The van der Waals surface area contributed by atoms with Gasteiger partial charge in [-0.25, -0.2) is 18.0 Å². The molecule has 0 aliphatic heterocycles. The summed E-state index contributed by atoms with van der Waals surface area (Å²) in [5, 5.41) is 3.21. The molecule has 0 unspecified atom stereocenters. The van der Waals surface area contributed by atoms with E-state index >= 15 is 0 Å². The number of hydrogen-bond acceptors (Lipinski definition) is 7. The first kappa shape index (κ1) is 28.0. The minimum absolute atomic E-state index is 0.0278. The number of anilines is 2. The molecule has 0 aliphatic carbocycles. The van der Waals surface area contributed by atoms with Crippen LogP contribution in [0, 0.1) is 0 Å². The van der Waals surface area contributed by atoms with E-state index in [9.17, 15) is 22.8 Å². The Bertz CT molecular complexity index is 1440. The van der Waals surface area contributed by atoms with Crippen LogP contribution in [0.4, 0.5) is 11.4 Å². The summed E-state index contributed by atoms with van der Waals surface area (Å²) in [5.74, 6) is -1.99. The summed E-state index contributed by atoms with van der Waals surface area (Å²) in [7, 11) is -1.36. The van der Waals surface area contributed by atoms with Gasteiger partial charge in [0.1, 0.15) is 0 Å². The van der Waals surface area contributed by atoms with E-state index in [1.807, 2.05) is 0 Å². The Morgan fingerprint density at radius 2 is 1.43 bits per heavy atom. The number of sulfonamides is 1. The van der Waals surface area contributed by atoms with Crippen LogP contribution in [0.3, 0.4) is 0 Å². The third-order valence-corrected chi connectivity index (χ3v) is 7.12. The fourth-order valence-electron chi connectivity index (χ4n) is 3.38. The molecule has 3 aromatic carbocycles. The number of methoxy groups -OCH3 is 2. The monoisotopic (exact) mass is 564 g/mol. The normalized spacial score (nSPS) is 10.9. The topological polar surface area (TPSA) is 119 Å². The molecule has 3 aromatic rings. The van der Waals surface area contributed by atoms with Crippen LogP contribution in [-0.2, 0) is 26.0 Å². The molecule has 0 heterocycles. The van der Waals surface area contributed by atoms with Crippen molar-refractivity contribution in [3.63, 3.8) is 0 Å². The van der Waals surface area contributed by atoms with Crippen molar-refractivity contribution in [3.05, 3.63) is 93.0 Å². The molecule has 194 valence electrons. The van der Waals surface area contributed by atoms with Crippen molar-refractivity contribution in [2.24, 2.45) is 0 Å². The SMILES string of the molecule is COC(=O)c1ccc(C(=O)OC)c(NC(=O)c2ccc(N(Cc3c(Cl)cccc3Cl)S(C)(=O)=O)cc2)c1. The van der Waals surface area contributed by atoms with Crippen molar-refractivity contribution in [3.8, 4) is 0 Å². The molecule has 0 aromatic heterocycles. The average Bonchev–Trinajstić information content (AvgIpc) is 2.87. The van der Waals surface area contributed by atoms with E-state index in [4.69, 9.17) is 27.9 Å². The zero-order valence-electron chi connectivity index (χ0n) is 19.9. The van der Waals surface area contributed by atoms with Crippen LogP contribution >= 0.6 is 23.2 Å². The Morgan fingerprint density at radius 3 is 1.97 bits per heavy atom. The second kappa shape index (κ2) is 11.6. The number of hydrogen-bond donors (Lipinski definition) is 1. The number of halogens is 2. The summed E-state index contributed by atoms with van der Waals surface area (Å²) in [6.45, 7) is -0.119. The zero-order chi connectivity index (χ0) is 27.3. The highest BCUT2D eigenvalue weighted by atomic mass is 35.5. The van der Waals surface area contributed by atoms with Crippen LogP contribution in [0.1, 0.15) is 36.6 Å². The van der Waals surface area contributed by atoms with Gasteiger partial charge in [0.2, 0.25) is 10.0 Å². The fraction of sp³-hybridized carbons (Fsp3) is 0.160. The molecule has 37 heavy (non-hydrogen) atoms. The molecule has 1 N–H and O–H groups in total. The zero-order valence-corrected chi connectivity index (χ0v) is 22.3. The Kier molecular flexibility index (Phi) is 8.80. The van der Waals surface area contributed by atoms with Crippen molar-refractivity contribution in [1.29, 1.82) is 0 Å². The van der Waals surface area contributed by atoms with Crippen LogP contribution in [0.15, 0.2) is 60.7 Å². The maximum Gasteiger partial charge on any atom is 0.339 e. The van der Waals surface area contributed by atoms with E-state index in [0.29, 0.717) is 15.6 Å². The lowest BCUT2D eigenvalue weighted by molar-refractivity contribution is 0.0587. The summed E-state index contributed by atoms with van der Waals surface area (Å²) in [6.07, 6.45) is 1.04. The van der Waals surface area contributed by atoms with E-state index in [-0.39, 0.29) is 34.6 Å². The van der Waals surface area contributed by atoms with Crippen molar-refractivity contribution in [1.82, 2.24) is 0 Å². The van der Waals surface area contributed by atoms with Gasteiger partial charge >= 0.3 is 11.9 Å². The second-order valence-corrected chi connectivity index (χ2v) is 10.4. The van der Waals surface area contributed by atoms with Gasteiger partial charge in [0.15, 0.2) is 0 Å². The molecular weight excluding hydrogens is 543 g/mol. The van der Waals surface area contributed by atoms with Crippen molar-refractivity contribution >= 4 is 62.4 Å². The third kappa shape index (κ3) is 6.59. The number of amides is 1. The first-order valence-corrected chi connectivity index (χ1v) is 13.2. The van der Waals surface area contributed by atoms with Crippen molar-refractivity contribution in [2.75, 3.05) is 30.1 Å². The summed E-state index contributed by atoms with van der Waals surface area (Å²) >= 11 is 12.4. The Balaban J connectivity index is 1.91. The number of benzene rings is 3. The van der Waals surface area contributed by atoms with Crippen molar-refractivity contribution < 1.29 is 32.3 Å². The maximum absolute atomic E-state index is 12.9. The summed E-state index contributed by atoms with van der Waals surface area (Å²) in [4.78, 5) is 37.0. The first-order chi connectivity index (χ1) is 17.5. The molecule has 0 saturated heterocycles. The number of ether oxygens (including phenoxy) is 2. The lowest BCUT2D eigenvalue weighted by Gasteiger charge is -2.23. The van der Waals surface area contributed by atoms with Crippen LogP contribution < -0.4 is 9.62 Å². The Labute approximate surface area is 223 Å². The molecule has 0 radical (unpaired) electrons. The molecule has 1 amide bonds. The van der Waals surface area contributed by atoms with Gasteiger partial charge in [-0.05, 0) is 54.6 Å². The van der Waals surface area contributed by atoms with Crippen LogP contribution in [0.25, 0.3) is 0 Å². The average molecular weight is 565 g/mol. The molecule has 0 spiro atoms. The third-order valence-electron chi connectivity index (χ3n) is 5.28. The molecule has 0 atom stereocenters. The minimum atomic E-state index is -3.74. The van der Waals surface area contributed by atoms with E-state index in [0.717, 1.165) is 10.6 Å². The van der Waals surface area contributed by atoms with Crippen LogP contribution in [-0.4, -0.2) is 46.7 Å². The largest absolute Gasteiger partial charge is 0.465 e. The number of carbonyl (C=O) groups is 3. The maximum atomic E-state index is 12.9. The molecule has 0 bridgehead atoms. The Hall–Kier alpha value is -3.60. The van der Waals surface area contributed by atoms with Crippen LogP contribution in [0.2, 0.25) is 10.0 Å². The smallest absolute Gasteiger partial charge is 0.339 e. The van der Waals surface area contributed by atoms with Crippen molar-refractivity contribution in [2.45, 2.75) is 6.54 Å². The van der Waals surface area contributed by atoms with Gasteiger partial charge in [0.25, 0.3) is 5.91 Å². The highest BCUT2D eigenvalue weighted by Crippen LogP contribution is 2.29. The number of nitrogens with one attached hydrogen (secondary N) is 1. The fourth-order valence-corrected chi connectivity index (χ4v) is 4.77. The molecule has 0 saturated carbocycles. The predicted octanol–water partition coefficient (Wildman–Crippen LogP) is 4.79. The van der Waals surface area contributed by atoms with Gasteiger partial charge in [-0.2, -0.15) is 0 Å². The minimum Gasteiger partial charge on any atom is -0.465 e. The molecule has 0 fully saturated rings.